The van der Waals surface area contributed by atoms with Gasteiger partial charge in [0, 0.05) is 24.3 Å². The first-order chi connectivity index (χ1) is 15.2. The van der Waals surface area contributed by atoms with Crippen LogP contribution >= 0.6 is 0 Å². The molecule has 2 heterocycles. The summed E-state index contributed by atoms with van der Waals surface area (Å²) in [4.78, 5) is 12.6. The van der Waals surface area contributed by atoms with Gasteiger partial charge in [-0.15, -0.1) is 0 Å². The van der Waals surface area contributed by atoms with Gasteiger partial charge in [-0.05, 0) is 74.6 Å². The maximum Gasteiger partial charge on any atom is 0.251 e. The maximum absolute atomic E-state index is 12.6. The predicted molar refractivity (Wildman–Crippen MR) is 126 cm³/mol. The molecule has 1 aromatic heterocycles. The molecule has 0 saturated carbocycles. The summed E-state index contributed by atoms with van der Waals surface area (Å²) < 4.78 is 27.4. The van der Waals surface area contributed by atoms with Crippen LogP contribution in [0, 0.1) is 6.92 Å². The van der Waals surface area contributed by atoms with Gasteiger partial charge in [-0.1, -0.05) is 18.2 Å². The number of aromatic nitrogens is 2. The molecule has 7 nitrogen and oxygen atoms in total. The minimum Gasteiger partial charge on any atom is -0.352 e. The van der Waals surface area contributed by atoms with Crippen molar-refractivity contribution in [1.82, 2.24) is 15.1 Å². The molecule has 2 aromatic carbocycles. The number of nitrogens with zero attached hydrogens (tertiary/aromatic N) is 3. The van der Waals surface area contributed by atoms with Crippen molar-refractivity contribution in [2.24, 2.45) is 0 Å². The fourth-order valence-corrected chi connectivity index (χ4v) is 5.55. The van der Waals surface area contributed by atoms with Crippen LogP contribution in [0.4, 0.5) is 5.69 Å². The van der Waals surface area contributed by atoms with Crippen LogP contribution in [-0.2, 0) is 22.9 Å². The Morgan fingerprint density at radius 3 is 2.66 bits per heavy atom. The fourth-order valence-electron chi connectivity index (χ4n) is 4.29. The monoisotopic (exact) mass is 452 g/mol. The van der Waals surface area contributed by atoms with Crippen LogP contribution in [0.1, 0.15) is 40.5 Å². The molecule has 1 atom stereocenters. The average molecular weight is 453 g/mol. The number of carbonyl (C=O) groups excluding carboxylic acids is 1. The molecule has 1 aliphatic rings. The molecule has 1 amide bonds. The van der Waals surface area contributed by atoms with E-state index in [0.717, 1.165) is 35.3 Å². The highest BCUT2D eigenvalue weighted by atomic mass is 32.2. The zero-order valence-electron chi connectivity index (χ0n) is 18.6. The lowest BCUT2D eigenvalue weighted by molar-refractivity contribution is 0.0953. The van der Waals surface area contributed by atoms with E-state index in [1.54, 1.807) is 18.2 Å². The van der Waals surface area contributed by atoms with Crippen LogP contribution in [0.2, 0.25) is 0 Å². The Labute approximate surface area is 189 Å². The predicted octanol–water partition coefficient (Wildman–Crippen LogP) is 3.25. The highest BCUT2D eigenvalue weighted by Crippen LogP contribution is 2.34. The third-order valence-electron chi connectivity index (χ3n) is 5.78. The van der Waals surface area contributed by atoms with E-state index in [2.05, 4.69) is 10.4 Å². The SMILES string of the molecule is Cc1nn(-c2ccccc2)cc1CCCNC(=O)c1ccc2c(c1)CC(C)N2S(C)(=O)=O. The number of rotatable bonds is 7. The first-order valence-electron chi connectivity index (χ1n) is 10.7. The van der Waals surface area contributed by atoms with Crippen LogP contribution < -0.4 is 9.62 Å². The number of sulfonamides is 1. The molecule has 4 rings (SSSR count). The number of aryl methyl sites for hydroxylation is 2. The molecule has 0 radical (unpaired) electrons. The van der Waals surface area contributed by atoms with Crippen molar-refractivity contribution >= 4 is 21.6 Å². The summed E-state index contributed by atoms with van der Waals surface area (Å²) in [7, 11) is -3.34. The second-order valence-electron chi connectivity index (χ2n) is 8.33. The summed E-state index contributed by atoms with van der Waals surface area (Å²) in [6.07, 6.45) is 5.49. The Morgan fingerprint density at radius 2 is 1.94 bits per heavy atom. The van der Waals surface area contributed by atoms with E-state index < -0.39 is 10.0 Å². The number of nitrogens with one attached hydrogen (secondary N) is 1. The molecule has 32 heavy (non-hydrogen) atoms. The number of fused-ring (bicyclic) bond motifs is 1. The Morgan fingerprint density at radius 1 is 1.19 bits per heavy atom. The largest absolute Gasteiger partial charge is 0.352 e. The maximum atomic E-state index is 12.6. The molecule has 0 bridgehead atoms. The van der Waals surface area contributed by atoms with Gasteiger partial charge >= 0.3 is 0 Å². The topological polar surface area (TPSA) is 84.3 Å². The molecule has 0 aliphatic carbocycles. The van der Waals surface area contributed by atoms with E-state index in [1.807, 2.05) is 55.1 Å². The number of amides is 1. The fraction of sp³-hybridized carbons (Fsp3) is 0.333. The number of hydrogen-bond donors (Lipinski definition) is 1. The van der Waals surface area contributed by atoms with Crippen molar-refractivity contribution in [3.8, 4) is 5.69 Å². The van der Waals surface area contributed by atoms with Gasteiger partial charge in [0.2, 0.25) is 10.0 Å². The second kappa shape index (κ2) is 8.78. The number of hydrogen-bond acceptors (Lipinski definition) is 4. The third kappa shape index (κ3) is 4.55. The van der Waals surface area contributed by atoms with Crippen LogP contribution in [0.3, 0.4) is 0 Å². The normalized spacial score (nSPS) is 15.6. The summed E-state index contributed by atoms with van der Waals surface area (Å²) >= 11 is 0. The quantitative estimate of drug-likeness (QED) is 0.558. The summed E-state index contributed by atoms with van der Waals surface area (Å²) in [5.41, 5.74) is 5.29. The molecule has 0 spiro atoms. The van der Waals surface area contributed by atoms with Gasteiger partial charge in [0.1, 0.15) is 0 Å². The molecule has 3 aromatic rings. The first kappa shape index (κ1) is 22.1. The van der Waals surface area contributed by atoms with Gasteiger partial charge in [0.15, 0.2) is 0 Å². The van der Waals surface area contributed by atoms with Crippen LogP contribution in [-0.4, -0.2) is 42.9 Å². The van der Waals surface area contributed by atoms with Crippen LogP contribution in [0.5, 0.6) is 0 Å². The van der Waals surface area contributed by atoms with E-state index in [0.29, 0.717) is 24.2 Å². The lowest BCUT2D eigenvalue weighted by Crippen LogP contribution is -2.34. The Hall–Kier alpha value is -3.13. The molecule has 0 fully saturated rings. The number of para-hydroxylation sites is 1. The van der Waals surface area contributed by atoms with Crippen LogP contribution in [0.15, 0.2) is 54.7 Å². The van der Waals surface area contributed by atoms with Gasteiger partial charge in [-0.3, -0.25) is 9.10 Å². The molecular weight excluding hydrogens is 424 g/mol. The molecule has 1 unspecified atom stereocenters. The molecule has 8 heteroatoms. The minimum absolute atomic E-state index is 0.140. The summed E-state index contributed by atoms with van der Waals surface area (Å²) in [6, 6.07) is 15.1. The average Bonchev–Trinajstić information content (AvgIpc) is 3.29. The highest BCUT2D eigenvalue weighted by molar-refractivity contribution is 7.92. The van der Waals surface area contributed by atoms with Crippen molar-refractivity contribution < 1.29 is 13.2 Å². The third-order valence-corrected chi connectivity index (χ3v) is 7.05. The van der Waals surface area contributed by atoms with Crippen molar-refractivity contribution in [1.29, 1.82) is 0 Å². The summed E-state index contributed by atoms with van der Waals surface area (Å²) in [6.45, 7) is 4.43. The standard InChI is InChI=1S/C24H28N4O3S/c1-17-14-21-15-19(11-12-23(21)28(17)32(3,30)31)24(29)25-13-7-8-20-16-27(26-18(20)2)22-9-5-4-6-10-22/h4-6,9-12,15-17H,7-8,13-14H2,1-3H3,(H,25,29). The van der Waals surface area contributed by atoms with E-state index in [-0.39, 0.29) is 11.9 Å². The van der Waals surface area contributed by atoms with Gasteiger partial charge < -0.3 is 5.32 Å². The minimum atomic E-state index is -3.34. The Kier molecular flexibility index (Phi) is 6.06. The van der Waals surface area contributed by atoms with E-state index in [9.17, 15) is 13.2 Å². The van der Waals surface area contributed by atoms with Gasteiger partial charge in [0.25, 0.3) is 5.91 Å². The number of anilines is 1. The van der Waals surface area contributed by atoms with Gasteiger partial charge in [0.05, 0.1) is 23.3 Å². The molecular formula is C24H28N4O3S. The lowest BCUT2D eigenvalue weighted by Gasteiger charge is -2.21. The molecule has 168 valence electrons. The summed E-state index contributed by atoms with van der Waals surface area (Å²) in [5, 5.41) is 7.56. The van der Waals surface area contributed by atoms with Crippen LogP contribution in [0.25, 0.3) is 5.69 Å². The van der Waals surface area contributed by atoms with Crippen molar-refractivity contribution in [3.05, 3.63) is 77.1 Å². The van der Waals surface area contributed by atoms with E-state index >= 15 is 0 Å². The Bertz CT molecular complexity index is 1240. The van der Waals surface area contributed by atoms with Crippen molar-refractivity contribution in [2.45, 2.75) is 39.2 Å². The lowest BCUT2D eigenvalue weighted by atomic mass is 10.1. The Balaban J connectivity index is 1.34. The zero-order chi connectivity index (χ0) is 22.9. The van der Waals surface area contributed by atoms with Crippen molar-refractivity contribution in [3.63, 3.8) is 0 Å². The smallest absolute Gasteiger partial charge is 0.251 e. The zero-order valence-corrected chi connectivity index (χ0v) is 19.4. The molecule has 1 N–H and O–H groups in total. The van der Waals surface area contributed by atoms with Crippen molar-refractivity contribution in [2.75, 3.05) is 17.1 Å². The molecule has 0 saturated heterocycles. The van der Waals surface area contributed by atoms with E-state index in [1.165, 1.54) is 10.6 Å². The number of carbonyl (C=O) groups is 1. The summed E-state index contributed by atoms with van der Waals surface area (Å²) in [5.74, 6) is -0.144. The van der Waals surface area contributed by atoms with Gasteiger partial charge in [-0.2, -0.15) is 5.10 Å². The van der Waals surface area contributed by atoms with Gasteiger partial charge in [-0.25, -0.2) is 13.1 Å². The second-order valence-corrected chi connectivity index (χ2v) is 10.2. The van der Waals surface area contributed by atoms with E-state index in [4.69, 9.17) is 0 Å². The highest BCUT2D eigenvalue weighted by Gasteiger charge is 2.32. The number of benzene rings is 2. The molecule has 1 aliphatic heterocycles. The first-order valence-corrected chi connectivity index (χ1v) is 12.6.